The Balaban J connectivity index is 2.20. The van der Waals surface area contributed by atoms with Gasteiger partial charge in [0, 0.05) is 0 Å². The molecular weight excluding hydrogens is 192 g/mol. The van der Waals surface area contributed by atoms with E-state index in [-0.39, 0.29) is 12.5 Å². The summed E-state index contributed by atoms with van der Waals surface area (Å²) in [6, 6.07) is 9.59. The van der Waals surface area contributed by atoms with Crippen LogP contribution < -0.4 is 10.4 Å². The first-order valence-electron chi connectivity index (χ1n) is 4.90. The number of hydrazine groups is 1. The zero-order chi connectivity index (χ0) is 10.9. The smallest absolute Gasteiger partial charge is 0.248 e. The second kappa shape index (κ2) is 3.55. The third kappa shape index (κ3) is 1.68. The van der Waals surface area contributed by atoms with Crippen molar-refractivity contribution in [3.05, 3.63) is 30.3 Å². The van der Waals surface area contributed by atoms with Crippen LogP contribution in [0.25, 0.3) is 0 Å². The number of carbonyl (C=O) groups excluding carboxylic acids is 1. The predicted molar refractivity (Wildman–Crippen MR) is 57.1 cm³/mol. The fourth-order valence-corrected chi connectivity index (χ4v) is 1.60. The van der Waals surface area contributed by atoms with Crippen LogP contribution in [-0.2, 0) is 4.79 Å². The normalized spacial score (nSPS) is 25.5. The maximum atomic E-state index is 11.6. The van der Waals surface area contributed by atoms with Crippen molar-refractivity contribution in [2.24, 2.45) is 5.41 Å². The molecule has 1 aliphatic heterocycles. The van der Waals surface area contributed by atoms with Gasteiger partial charge >= 0.3 is 0 Å². The van der Waals surface area contributed by atoms with Crippen molar-refractivity contribution < 1.29 is 9.90 Å². The minimum atomic E-state index is -0.699. The number of nitrogens with zero attached hydrogens (tertiary/aromatic N) is 1. The van der Waals surface area contributed by atoms with Crippen LogP contribution >= 0.6 is 0 Å². The second-order valence-corrected chi connectivity index (χ2v) is 4.08. The van der Waals surface area contributed by atoms with Gasteiger partial charge < -0.3 is 5.11 Å². The van der Waals surface area contributed by atoms with Crippen LogP contribution in [0.5, 0.6) is 0 Å². The maximum Gasteiger partial charge on any atom is 0.248 e. The predicted octanol–water partition coefficient (Wildman–Crippen LogP) is 0.536. The molecule has 0 saturated carbocycles. The molecule has 1 heterocycles. The largest absolute Gasteiger partial charge is 0.395 e. The number of hydrogen-bond acceptors (Lipinski definition) is 3. The van der Waals surface area contributed by atoms with Gasteiger partial charge in [-0.1, -0.05) is 18.2 Å². The number of anilines is 1. The molecule has 2 rings (SSSR count). The maximum absolute atomic E-state index is 11.6. The number of para-hydroxylation sites is 1. The van der Waals surface area contributed by atoms with E-state index in [1.807, 2.05) is 30.3 Å². The molecular formula is C11H14N2O2. The fourth-order valence-electron chi connectivity index (χ4n) is 1.60. The van der Waals surface area contributed by atoms with E-state index in [1.165, 1.54) is 0 Å². The summed E-state index contributed by atoms with van der Waals surface area (Å²) in [5.41, 5.74) is 2.98. The molecule has 0 radical (unpaired) electrons. The topological polar surface area (TPSA) is 52.6 Å². The zero-order valence-corrected chi connectivity index (χ0v) is 8.60. The fraction of sp³-hybridized carbons (Fsp3) is 0.364. The SMILES string of the molecule is C[C@@]1(CO)CN(c2ccccc2)NC1=O. The lowest BCUT2D eigenvalue weighted by Crippen LogP contribution is -2.34. The highest BCUT2D eigenvalue weighted by atomic mass is 16.3. The number of aliphatic hydroxyl groups excluding tert-OH is 1. The highest BCUT2D eigenvalue weighted by molar-refractivity contribution is 5.87. The quantitative estimate of drug-likeness (QED) is 0.742. The van der Waals surface area contributed by atoms with E-state index in [0.29, 0.717) is 6.54 Å². The standard InChI is InChI=1S/C11H14N2O2/c1-11(8-14)7-13(12-10(11)15)9-5-3-2-4-6-9/h2-6,14H,7-8H2,1H3,(H,12,15)/t11-/m0/s1. The lowest BCUT2D eigenvalue weighted by Gasteiger charge is -2.19. The first kappa shape index (κ1) is 9.98. The number of nitrogens with one attached hydrogen (secondary N) is 1. The summed E-state index contributed by atoms with van der Waals surface area (Å²) < 4.78 is 0. The van der Waals surface area contributed by atoms with E-state index < -0.39 is 5.41 Å². The van der Waals surface area contributed by atoms with Gasteiger partial charge in [-0.15, -0.1) is 0 Å². The van der Waals surface area contributed by atoms with Gasteiger partial charge in [-0.2, -0.15) is 0 Å². The minimum absolute atomic E-state index is 0.131. The van der Waals surface area contributed by atoms with Crippen LogP contribution in [0.3, 0.4) is 0 Å². The molecule has 15 heavy (non-hydrogen) atoms. The molecule has 0 aromatic heterocycles. The van der Waals surface area contributed by atoms with Crippen molar-refractivity contribution in [2.75, 3.05) is 18.2 Å². The van der Waals surface area contributed by atoms with Gasteiger partial charge in [0.05, 0.1) is 24.3 Å². The highest BCUT2D eigenvalue weighted by Crippen LogP contribution is 2.26. The van der Waals surface area contributed by atoms with Crippen molar-refractivity contribution >= 4 is 11.6 Å². The van der Waals surface area contributed by atoms with Gasteiger partial charge in [-0.3, -0.25) is 15.2 Å². The summed E-state index contributed by atoms with van der Waals surface area (Å²) in [6.07, 6.45) is 0. The molecule has 0 spiro atoms. The number of carbonyl (C=O) groups is 1. The van der Waals surface area contributed by atoms with Crippen LogP contribution in [0.2, 0.25) is 0 Å². The zero-order valence-electron chi connectivity index (χ0n) is 8.60. The van der Waals surface area contributed by atoms with E-state index in [9.17, 15) is 9.90 Å². The average molecular weight is 206 g/mol. The number of hydrogen-bond donors (Lipinski definition) is 2. The Labute approximate surface area is 88.5 Å². The van der Waals surface area contributed by atoms with Crippen molar-refractivity contribution in [1.82, 2.24) is 5.43 Å². The van der Waals surface area contributed by atoms with E-state index in [2.05, 4.69) is 5.43 Å². The summed E-state index contributed by atoms with van der Waals surface area (Å²) in [6.45, 7) is 2.11. The number of amides is 1. The van der Waals surface area contributed by atoms with E-state index >= 15 is 0 Å². The summed E-state index contributed by atoms with van der Waals surface area (Å²) in [5, 5.41) is 10.9. The summed E-state index contributed by atoms with van der Waals surface area (Å²) in [5.74, 6) is -0.131. The number of benzene rings is 1. The Kier molecular flexibility index (Phi) is 2.36. The van der Waals surface area contributed by atoms with Crippen molar-refractivity contribution in [3.8, 4) is 0 Å². The summed E-state index contributed by atoms with van der Waals surface area (Å²) in [7, 11) is 0. The molecule has 0 bridgehead atoms. The Morgan fingerprint density at radius 3 is 2.67 bits per heavy atom. The van der Waals surface area contributed by atoms with Gasteiger partial charge in [0.15, 0.2) is 0 Å². The van der Waals surface area contributed by atoms with Gasteiger partial charge in [0.25, 0.3) is 0 Å². The molecule has 4 nitrogen and oxygen atoms in total. The van der Waals surface area contributed by atoms with Crippen LogP contribution in [0, 0.1) is 5.41 Å². The van der Waals surface area contributed by atoms with Crippen molar-refractivity contribution in [1.29, 1.82) is 0 Å². The van der Waals surface area contributed by atoms with Gasteiger partial charge in [-0.05, 0) is 19.1 Å². The second-order valence-electron chi connectivity index (χ2n) is 4.08. The van der Waals surface area contributed by atoms with Crippen molar-refractivity contribution in [2.45, 2.75) is 6.92 Å². The Morgan fingerprint density at radius 1 is 1.47 bits per heavy atom. The molecule has 0 unspecified atom stereocenters. The molecule has 4 heteroatoms. The molecule has 1 atom stereocenters. The molecule has 1 aromatic rings. The number of rotatable bonds is 2. The molecule has 2 N–H and O–H groups in total. The molecule has 1 amide bonds. The minimum Gasteiger partial charge on any atom is -0.395 e. The first-order chi connectivity index (χ1) is 7.15. The first-order valence-corrected chi connectivity index (χ1v) is 4.90. The van der Waals surface area contributed by atoms with Crippen LogP contribution in [0.1, 0.15) is 6.92 Å². The number of aliphatic hydroxyl groups is 1. The molecule has 1 fully saturated rings. The van der Waals surface area contributed by atoms with Gasteiger partial charge in [0.2, 0.25) is 5.91 Å². The molecule has 80 valence electrons. The van der Waals surface area contributed by atoms with Crippen LogP contribution in [0.4, 0.5) is 5.69 Å². The lowest BCUT2D eigenvalue weighted by atomic mass is 9.92. The third-order valence-electron chi connectivity index (χ3n) is 2.71. The summed E-state index contributed by atoms with van der Waals surface area (Å²) >= 11 is 0. The Bertz CT molecular complexity index is 366. The van der Waals surface area contributed by atoms with E-state index in [1.54, 1.807) is 11.9 Å². The molecule has 1 aliphatic rings. The molecule has 1 saturated heterocycles. The monoisotopic (exact) mass is 206 g/mol. The average Bonchev–Trinajstić information content (AvgIpc) is 2.58. The third-order valence-corrected chi connectivity index (χ3v) is 2.71. The Hall–Kier alpha value is -1.55. The van der Waals surface area contributed by atoms with Gasteiger partial charge in [0.1, 0.15) is 0 Å². The van der Waals surface area contributed by atoms with Crippen LogP contribution in [0.15, 0.2) is 30.3 Å². The Morgan fingerprint density at radius 2 is 2.13 bits per heavy atom. The van der Waals surface area contributed by atoms with E-state index in [0.717, 1.165) is 5.69 Å². The highest BCUT2D eigenvalue weighted by Gasteiger charge is 2.41. The van der Waals surface area contributed by atoms with Crippen molar-refractivity contribution in [3.63, 3.8) is 0 Å². The van der Waals surface area contributed by atoms with E-state index in [4.69, 9.17) is 0 Å². The molecule has 0 aliphatic carbocycles. The van der Waals surface area contributed by atoms with Crippen LogP contribution in [-0.4, -0.2) is 24.2 Å². The lowest BCUT2D eigenvalue weighted by molar-refractivity contribution is -0.128. The van der Waals surface area contributed by atoms with Gasteiger partial charge in [-0.25, -0.2) is 0 Å². The summed E-state index contributed by atoms with van der Waals surface area (Å²) in [4.78, 5) is 11.6. The molecule has 1 aromatic carbocycles.